The molecular weight excluding hydrogens is 266 g/mol. The number of carbonyl (C=O) groups excluding carboxylic acids is 2. The Morgan fingerprint density at radius 1 is 1.33 bits per heavy atom. The number of benzene rings is 1. The highest BCUT2D eigenvalue weighted by Gasteiger charge is 2.32. The van der Waals surface area contributed by atoms with E-state index in [9.17, 15) is 9.59 Å². The molecule has 0 spiro atoms. The summed E-state index contributed by atoms with van der Waals surface area (Å²) in [6.07, 6.45) is 3.81. The molecule has 2 aromatic rings. The average Bonchev–Trinajstić information content (AvgIpc) is 3.06. The van der Waals surface area contributed by atoms with Gasteiger partial charge in [-0.25, -0.2) is 0 Å². The normalized spacial score (nSPS) is 18.3. The maximum Gasteiger partial charge on any atom is 0.240 e. The van der Waals surface area contributed by atoms with Gasteiger partial charge in [-0.05, 0) is 24.5 Å². The first kappa shape index (κ1) is 13.7. The highest BCUT2D eigenvalue weighted by atomic mass is 16.2. The monoisotopic (exact) mass is 285 g/mol. The number of aryl methyl sites for hydroxylation is 1. The molecule has 1 aromatic heterocycles. The zero-order chi connectivity index (χ0) is 15.0. The Hall–Kier alpha value is -2.30. The first-order valence-corrected chi connectivity index (χ1v) is 7.19. The topological polar surface area (TPSA) is 68.3 Å². The molecule has 0 bridgehead atoms. The quantitative estimate of drug-likeness (QED) is 0.920. The Kier molecular flexibility index (Phi) is 3.41. The van der Waals surface area contributed by atoms with Crippen LogP contribution in [-0.2, 0) is 23.1 Å². The summed E-state index contributed by atoms with van der Waals surface area (Å²) < 4.78 is 2.02. The molecule has 2 amide bonds. The van der Waals surface area contributed by atoms with Crippen molar-refractivity contribution in [2.75, 3.05) is 6.54 Å². The number of amides is 2. The fourth-order valence-corrected chi connectivity index (χ4v) is 3.19. The van der Waals surface area contributed by atoms with Crippen LogP contribution in [0.2, 0.25) is 0 Å². The molecule has 1 aliphatic heterocycles. The van der Waals surface area contributed by atoms with Crippen LogP contribution in [0.15, 0.2) is 30.5 Å². The highest BCUT2D eigenvalue weighted by molar-refractivity contribution is 5.92. The van der Waals surface area contributed by atoms with E-state index in [0.717, 1.165) is 22.9 Å². The largest absolute Gasteiger partial charge is 0.368 e. The number of carbonyl (C=O) groups is 2. The van der Waals surface area contributed by atoms with E-state index in [0.29, 0.717) is 19.4 Å². The molecule has 1 aliphatic rings. The summed E-state index contributed by atoms with van der Waals surface area (Å²) in [7, 11) is 1.97. The third-order valence-electron chi connectivity index (χ3n) is 4.22. The van der Waals surface area contributed by atoms with E-state index in [1.165, 1.54) is 0 Å². The van der Waals surface area contributed by atoms with Gasteiger partial charge in [-0.1, -0.05) is 18.2 Å². The standard InChI is InChI=1S/C16H19N3O2/c1-18-10-11(12-5-2-3-6-13(12)18)9-15(20)19-8-4-7-14(19)16(17)21/h2-3,5-6,10,14H,4,7-9H2,1H3,(H2,17,21). The van der Waals surface area contributed by atoms with E-state index in [-0.39, 0.29) is 5.91 Å². The second-order valence-electron chi connectivity index (χ2n) is 5.61. The second-order valence-corrected chi connectivity index (χ2v) is 5.61. The summed E-state index contributed by atoms with van der Waals surface area (Å²) in [5.41, 5.74) is 7.48. The van der Waals surface area contributed by atoms with Crippen molar-refractivity contribution in [2.45, 2.75) is 25.3 Å². The van der Waals surface area contributed by atoms with Crippen molar-refractivity contribution in [3.8, 4) is 0 Å². The van der Waals surface area contributed by atoms with Gasteiger partial charge in [0.1, 0.15) is 6.04 Å². The van der Waals surface area contributed by atoms with Gasteiger partial charge in [-0.2, -0.15) is 0 Å². The summed E-state index contributed by atoms with van der Waals surface area (Å²) in [6, 6.07) is 7.57. The number of primary amides is 1. The number of likely N-dealkylation sites (tertiary alicyclic amines) is 1. The average molecular weight is 285 g/mol. The lowest BCUT2D eigenvalue weighted by molar-refractivity contribution is -0.136. The fraction of sp³-hybridized carbons (Fsp3) is 0.375. The Labute approximate surface area is 123 Å². The van der Waals surface area contributed by atoms with Crippen molar-refractivity contribution < 1.29 is 9.59 Å². The lowest BCUT2D eigenvalue weighted by Crippen LogP contribution is -2.44. The number of fused-ring (bicyclic) bond motifs is 1. The maximum absolute atomic E-state index is 12.5. The SMILES string of the molecule is Cn1cc(CC(=O)N2CCCC2C(N)=O)c2ccccc21. The molecule has 1 atom stereocenters. The number of hydrogen-bond donors (Lipinski definition) is 1. The Bertz CT molecular complexity index is 705. The maximum atomic E-state index is 12.5. The molecule has 110 valence electrons. The Balaban J connectivity index is 1.85. The molecule has 2 heterocycles. The fourth-order valence-electron chi connectivity index (χ4n) is 3.19. The molecule has 0 saturated carbocycles. The number of aromatic nitrogens is 1. The number of hydrogen-bond acceptors (Lipinski definition) is 2. The predicted molar refractivity (Wildman–Crippen MR) is 80.6 cm³/mol. The summed E-state index contributed by atoms with van der Waals surface area (Å²) in [6.45, 7) is 0.622. The van der Waals surface area contributed by atoms with Crippen molar-refractivity contribution in [1.29, 1.82) is 0 Å². The minimum absolute atomic E-state index is 0.0207. The molecule has 1 aromatic carbocycles. The van der Waals surface area contributed by atoms with E-state index < -0.39 is 11.9 Å². The van der Waals surface area contributed by atoms with Crippen LogP contribution in [0.25, 0.3) is 10.9 Å². The summed E-state index contributed by atoms with van der Waals surface area (Å²) in [5.74, 6) is -0.425. The molecule has 0 aliphatic carbocycles. The van der Waals surface area contributed by atoms with Crippen LogP contribution in [0.3, 0.4) is 0 Å². The predicted octanol–water partition coefficient (Wildman–Crippen LogP) is 1.20. The minimum atomic E-state index is -0.438. The van der Waals surface area contributed by atoms with Gasteiger partial charge in [0, 0.05) is 30.7 Å². The van der Waals surface area contributed by atoms with E-state index in [2.05, 4.69) is 0 Å². The Morgan fingerprint density at radius 3 is 2.86 bits per heavy atom. The molecule has 1 saturated heterocycles. The van der Waals surface area contributed by atoms with Crippen molar-refractivity contribution in [3.05, 3.63) is 36.0 Å². The minimum Gasteiger partial charge on any atom is -0.368 e. The van der Waals surface area contributed by atoms with Gasteiger partial charge in [0.25, 0.3) is 0 Å². The van der Waals surface area contributed by atoms with Gasteiger partial charge in [-0.15, -0.1) is 0 Å². The van der Waals surface area contributed by atoms with Crippen LogP contribution in [0.4, 0.5) is 0 Å². The number of nitrogens with zero attached hydrogens (tertiary/aromatic N) is 2. The van der Waals surface area contributed by atoms with Gasteiger partial charge in [0.2, 0.25) is 11.8 Å². The molecule has 5 heteroatoms. The van der Waals surface area contributed by atoms with Crippen LogP contribution in [-0.4, -0.2) is 33.9 Å². The van der Waals surface area contributed by atoms with Crippen molar-refractivity contribution >= 4 is 22.7 Å². The molecule has 1 unspecified atom stereocenters. The van der Waals surface area contributed by atoms with Crippen LogP contribution >= 0.6 is 0 Å². The zero-order valence-electron chi connectivity index (χ0n) is 12.1. The van der Waals surface area contributed by atoms with Gasteiger partial charge < -0.3 is 15.2 Å². The molecule has 0 radical (unpaired) electrons. The van der Waals surface area contributed by atoms with E-state index in [1.807, 2.05) is 42.1 Å². The third-order valence-corrected chi connectivity index (χ3v) is 4.22. The molecule has 2 N–H and O–H groups in total. The van der Waals surface area contributed by atoms with Crippen molar-refractivity contribution in [1.82, 2.24) is 9.47 Å². The summed E-state index contributed by atoms with van der Waals surface area (Å²) >= 11 is 0. The number of rotatable bonds is 3. The molecular formula is C16H19N3O2. The lowest BCUT2D eigenvalue weighted by Gasteiger charge is -2.22. The first-order valence-electron chi connectivity index (χ1n) is 7.19. The second kappa shape index (κ2) is 5.24. The van der Waals surface area contributed by atoms with Crippen molar-refractivity contribution in [3.63, 3.8) is 0 Å². The number of nitrogens with two attached hydrogens (primary N) is 1. The lowest BCUT2D eigenvalue weighted by atomic mass is 10.1. The van der Waals surface area contributed by atoms with Crippen LogP contribution in [0, 0.1) is 0 Å². The number of para-hydroxylation sites is 1. The van der Waals surface area contributed by atoms with E-state index in [1.54, 1.807) is 4.90 Å². The molecule has 1 fully saturated rings. The summed E-state index contributed by atoms with van der Waals surface area (Å²) in [4.78, 5) is 25.5. The van der Waals surface area contributed by atoms with Crippen LogP contribution in [0.5, 0.6) is 0 Å². The van der Waals surface area contributed by atoms with Gasteiger partial charge >= 0.3 is 0 Å². The van der Waals surface area contributed by atoms with Crippen LogP contribution < -0.4 is 5.73 Å². The zero-order valence-corrected chi connectivity index (χ0v) is 12.1. The van der Waals surface area contributed by atoms with Gasteiger partial charge in [-0.3, -0.25) is 9.59 Å². The molecule has 5 nitrogen and oxygen atoms in total. The van der Waals surface area contributed by atoms with Crippen LogP contribution in [0.1, 0.15) is 18.4 Å². The van der Waals surface area contributed by atoms with Crippen molar-refractivity contribution in [2.24, 2.45) is 12.8 Å². The van der Waals surface area contributed by atoms with Gasteiger partial charge in [0.05, 0.1) is 6.42 Å². The van der Waals surface area contributed by atoms with Gasteiger partial charge in [0.15, 0.2) is 0 Å². The Morgan fingerprint density at radius 2 is 2.10 bits per heavy atom. The van der Waals surface area contributed by atoms with E-state index in [4.69, 9.17) is 5.73 Å². The first-order chi connectivity index (χ1) is 10.1. The summed E-state index contributed by atoms with van der Waals surface area (Å²) in [5, 5.41) is 1.09. The van der Waals surface area contributed by atoms with E-state index >= 15 is 0 Å². The highest BCUT2D eigenvalue weighted by Crippen LogP contribution is 2.23. The molecule has 21 heavy (non-hydrogen) atoms. The molecule has 3 rings (SSSR count). The third kappa shape index (κ3) is 2.39. The smallest absolute Gasteiger partial charge is 0.240 e.